The fourth-order valence-electron chi connectivity index (χ4n) is 1.42. The molecule has 0 atom stereocenters. The topological polar surface area (TPSA) is 67.3 Å². The number of hydrogen-bond donors (Lipinski definition) is 0. The van der Waals surface area contributed by atoms with Crippen LogP contribution in [0.3, 0.4) is 0 Å². The van der Waals surface area contributed by atoms with E-state index in [1.807, 2.05) is 0 Å². The average molecular weight is 204 g/mol. The highest BCUT2D eigenvalue weighted by molar-refractivity contribution is 6.14. The molecule has 2 rings (SSSR count). The summed E-state index contributed by atoms with van der Waals surface area (Å²) in [6.45, 7) is 0.0757. The van der Waals surface area contributed by atoms with E-state index in [2.05, 4.69) is 4.98 Å². The lowest BCUT2D eigenvalue weighted by molar-refractivity contribution is -0.121. The molecule has 0 aliphatic carbocycles. The highest BCUT2D eigenvalue weighted by Gasteiger charge is 2.29. The van der Waals surface area contributed by atoms with Crippen molar-refractivity contribution < 1.29 is 14.4 Å². The number of nitrogens with zero attached hydrogens (tertiary/aromatic N) is 2. The molecule has 1 aliphatic heterocycles. The Morgan fingerprint density at radius 3 is 2.60 bits per heavy atom. The van der Waals surface area contributed by atoms with Gasteiger partial charge in [-0.3, -0.25) is 19.3 Å². The Balaban J connectivity index is 2.26. The zero-order valence-electron chi connectivity index (χ0n) is 7.84. The Bertz CT molecular complexity index is 425. The Kier molecular flexibility index (Phi) is 2.29. The number of carbonyl (C=O) groups excluding carboxylic acids is 3. The van der Waals surface area contributed by atoms with E-state index in [-0.39, 0.29) is 24.7 Å². The third kappa shape index (κ3) is 1.76. The Morgan fingerprint density at radius 2 is 2.13 bits per heavy atom. The van der Waals surface area contributed by atoms with Crippen molar-refractivity contribution >= 4 is 23.8 Å². The highest BCUT2D eigenvalue weighted by atomic mass is 16.2. The number of anilines is 1. The number of aromatic nitrogens is 1. The van der Waals surface area contributed by atoms with Crippen LogP contribution in [0.5, 0.6) is 0 Å². The molecule has 0 aromatic carbocycles. The molecular formula is C10H8N2O3. The van der Waals surface area contributed by atoms with Gasteiger partial charge in [-0.1, -0.05) is 0 Å². The third-order valence-corrected chi connectivity index (χ3v) is 2.17. The van der Waals surface area contributed by atoms with Gasteiger partial charge in [-0.05, 0) is 12.1 Å². The smallest absolute Gasteiger partial charge is 0.236 e. The van der Waals surface area contributed by atoms with Crippen LogP contribution < -0.4 is 4.90 Å². The molecule has 0 radical (unpaired) electrons. The molecule has 2 heterocycles. The third-order valence-electron chi connectivity index (χ3n) is 2.17. The van der Waals surface area contributed by atoms with E-state index < -0.39 is 0 Å². The molecule has 76 valence electrons. The molecule has 1 aliphatic rings. The van der Waals surface area contributed by atoms with Gasteiger partial charge in [0.2, 0.25) is 5.91 Å². The van der Waals surface area contributed by atoms with Crippen molar-refractivity contribution in [3.63, 3.8) is 0 Å². The minimum Gasteiger partial charge on any atom is -0.298 e. The van der Waals surface area contributed by atoms with Crippen LogP contribution in [0.1, 0.15) is 16.8 Å². The summed E-state index contributed by atoms with van der Waals surface area (Å²) in [4.78, 5) is 38.0. The number of hydrogen-bond acceptors (Lipinski definition) is 4. The lowest BCUT2D eigenvalue weighted by Crippen LogP contribution is -2.25. The fourth-order valence-corrected chi connectivity index (χ4v) is 1.42. The number of ketones is 1. The lowest BCUT2D eigenvalue weighted by atomic mass is 10.3. The van der Waals surface area contributed by atoms with Crippen LogP contribution in [-0.4, -0.2) is 29.5 Å². The minimum atomic E-state index is -0.244. The first-order valence-corrected chi connectivity index (χ1v) is 4.44. The number of aldehydes is 1. The van der Waals surface area contributed by atoms with Gasteiger partial charge < -0.3 is 0 Å². The summed E-state index contributed by atoms with van der Waals surface area (Å²) in [5.74, 6) is 0.0593. The molecule has 5 heteroatoms. The normalized spacial score (nSPS) is 15.9. The maximum Gasteiger partial charge on any atom is 0.236 e. The van der Waals surface area contributed by atoms with Crippen LogP contribution in [0.15, 0.2) is 18.3 Å². The SMILES string of the molecule is O=Cc1ccc(N2CC(=O)CC2=O)nc1. The van der Waals surface area contributed by atoms with Gasteiger partial charge in [-0.15, -0.1) is 0 Å². The molecule has 0 unspecified atom stereocenters. The number of amides is 1. The van der Waals surface area contributed by atoms with E-state index in [1.54, 1.807) is 12.1 Å². The zero-order valence-corrected chi connectivity index (χ0v) is 7.84. The Labute approximate surface area is 85.7 Å². The average Bonchev–Trinajstić information content (AvgIpc) is 2.58. The first-order valence-electron chi connectivity index (χ1n) is 4.44. The zero-order chi connectivity index (χ0) is 10.8. The van der Waals surface area contributed by atoms with E-state index >= 15 is 0 Å². The van der Waals surface area contributed by atoms with Crippen LogP contribution in [0.25, 0.3) is 0 Å². The summed E-state index contributed by atoms with van der Waals surface area (Å²) in [7, 11) is 0. The largest absolute Gasteiger partial charge is 0.298 e. The molecule has 1 aromatic rings. The summed E-state index contributed by atoms with van der Waals surface area (Å²) >= 11 is 0. The fraction of sp³-hybridized carbons (Fsp3) is 0.200. The second-order valence-electron chi connectivity index (χ2n) is 3.26. The molecular weight excluding hydrogens is 196 g/mol. The second-order valence-corrected chi connectivity index (χ2v) is 3.26. The molecule has 15 heavy (non-hydrogen) atoms. The van der Waals surface area contributed by atoms with Crippen molar-refractivity contribution in [2.45, 2.75) is 6.42 Å². The van der Waals surface area contributed by atoms with E-state index in [0.717, 1.165) is 0 Å². The van der Waals surface area contributed by atoms with Crippen LogP contribution in [0.2, 0.25) is 0 Å². The van der Waals surface area contributed by atoms with Crippen molar-refractivity contribution in [1.29, 1.82) is 0 Å². The maximum absolute atomic E-state index is 11.3. The van der Waals surface area contributed by atoms with Gasteiger partial charge >= 0.3 is 0 Å². The monoisotopic (exact) mass is 204 g/mol. The number of pyridine rings is 1. The first kappa shape index (κ1) is 9.51. The highest BCUT2D eigenvalue weighted by Crippen LogP contribution is 2.16. The van der Waals surface area contributed by atoms with E-state index in [4.69, 9.17) is 0 Å². The van der Waals surface area contributed by atoms with Gasteiger partial charge in [0, 0.05) is 11.8 Å². The predicted octanol–water partition coefficient (Wildman–Crippen LogP) is 0.200. The van der Waals surface area contributed by atoms with Gasteiger partial charge in [0.05, 0.1) is 13.0 Å². The predicted molar refractivity (Wildman–Crippen MR) is 51.6 cm³/mol. The summed E-state index contributed by atoms with van der Waals surface area (Å²) in [6, 6.07) is 3.12. The van der Waals surface area contributed by atoms with Gasteiger partial charge in [0.25, 0.3) is 0 Å². The van der Waals surface area contributed by atoms with Crippen LogP contribution >= 0.6 is 0 Å². The van der Waals surface area contributed by atoms with Crippen LogP contribution in [0.4, 0.5) is 5.82 Å². The van der Waals surface area contributed by atoms with Gasteiger partial charge in [0.15, 0.2) is 12.1 Å². The molecule has 5 nitrogen and oxygen atoms in total. The molecule has 0 spiro atoms. The van der Waals surface area contributed by atoms with Crippen LogP contribution in [-0.2, 0) is 9.59 Å². The number of carbonyl (C=O) groups is 3. The molecule has 1 aromatic heterocycles. The second kappa shape index (κ2) is 3.61. The van der Waals surface area contributed by atoms with E-state index in [0.29, 0.717) is 17.7 Å². The minimum absolute atomic E-state index is 0.0584. The maximum atomic E-state index is 11.3. The van der Waals surface area contributed by atoms with Crippen molar-refractivity contribution in [1.82, 2.24) is 4.98 Å². The van der Waals surface area contributed by atoms with Gasteiger partial charge in [0.1, 0.15) is 5.82 Å². The molecule has 1 fully saturated rings. The van der Waals surface area contributed by atoms with Crippen molar-refractivity contribution in [2.24, 2.45) is 0 Å². The summed E-state index contributed by atoms with van der Waals surface area (Å²) in [5, 5.41) is 0. The van der Waals surface area contributed by atoms with Gasteiger partial charge in [-0.2, -0.15) is 0 Å². The molecule has 0 N–H and O–H groups in total. The van der Waals surface area contributed by atoms with Gasteiger partial charge in [-0.25, -0.2) is 4.98 Å². The summed E-state index contributed by atoms with van der Waals surface area (Å²) < 4.78 is 0. The van der Waals surface area contributed by atoms with Crippen molar-refractivity contribution in [3.8, 4) is 0 Å². The molecule has 0 bridgehead atoms. The lowest BCUT2D eigenvalue weighted by Gasteiger charge is -2.12. The quantitative estimate of drug-likeness (QED) is 0.509. The molecule has 0 saturated carbocycles. The standard InChI is InChI=1S/C10H8N2O3/c13-6-7-1-2-9(11-4-7)12-5-8(14)3-10(12)15/h1-2,4,6H,3,5H2. The van der Waals surface area contributed by atoms with E-state index in [1.165, 1.54) is 11.1 Å². The summed E-state index contributed by atoms with van der Waals surface area (Å²) in [5.41, 5.74) is 0.441. The summed E-state index contributed by atoms with van der Waals surface area (Å²) in [6.07, 6.45) is 1.99. The number of Topliss-reactive ketones (excluding diaryl/α,β-unsaturated/α-hetero) is 1. The Morgan fingerprint density at radius 1 is 1.33 bits per heavy atom. The van der Waals surface area contributed by atoms with Crippen LogP contribution in [0, 0.1) is 0 Å². The van der Waals surface area contributed by atoms with Crippen molar-refractivity contribution in [3.05, 3.63) is 23.9 Å². The first-order chi connectivity index (χ1) is 7.20. The molecule has 1 amide bonds. The van der Waals surface area contributed by atoms with Crippen molar-refractivity contribution in [2.75, 3.05) is 11.4 Å². The molecule has 1 saturated heterocycles. The van der Waals surface area contributed by atoms with E-state index in [9.17, 15) is 14.4 Å². The Hall–Kier alpha value is -2.04. The number of rotatable bonds is 2.